The minimum atomic E-state index is -1.81. The normalized spacial score (nSPS) is 10.0. The van der Waals surface area contributed by atoms with E-state index in [0.717, 1.165) is 0 Å². The van der Waals surface area contributed by atoms with Crippen molar-refractivity contribution < 1.29 is 19.6 Å². The zero-order chi connectivity index (χ0) is 14.7. The van der Waals surface area contributed by atoms with Gasteiger partial charge >= 0.3 is 7.12 Å². The molecule has 0 aliphatic rings. The lowest BCUT2D eigenvalue weighted by Gasteiger charge is -2.16. The van der Waals surface area contributed by atoms with Crippen LogP contribution in [0.4, 0.5) is 0 Å². The summed E-state index contributed by atoms with van der Waals surface area (Å²) in [7, 11) is 4.50. The summed E-state index contributed by atoms with van der Waals surface area (Å²) in [4.78, 5) is 26.4. The van der Waals surface area contributed by atoms with Gasteiger partial charge in [-0.1, -0.05) is 0 Å². The third-order valence-electron chi connectivity index (χ3n) is 2.62. The fourth-order valence-corrected chi connectivity index (χ4v) is 1.60. The van der Waals surface area contributed by atoms with Gasteiger partial charge in [0.1, 0.15) is 0 Å². The lowest BCUT2D eigenvalue weighted by atomic mass is 9.75. The number of amides is 2. The highest BCUT2D eigenvalue weighted by Gasteiger charge is 2.23. The van der Waals surface area contributed by atoms with Gasteiger partial charge in [0, 0.05) is 39.3 Å². The molecule has 0 unspecified atom stereocenters. The summed E-state index contributed by atoms with van der Waals surface area (Å²) in [6.45, 7) is 0. The molecule has 0 aromatic heterocycles. The number of nitrogens with zero attached hydrogens (tertiary/aromatic N) is 2. The quantitative estimate of drug-likeness (QED) is 0.670. The van der Waals surface area contributed by atoms with Gasteiger partial charge in [-0.15, -0.1) is 0 Å². The molecule has 1 aromatic rings. The SMILES string of the molecule is CN(C)C(=O)c1ccc(C(=O)N(C)C)c(B(O)O)c1. The Bertz CT molecular complexity index is 501. The van der Waals surface area contributed by atoms with Crippen molar-refractivity contribution in [1.29, 1.82) is 0 Å². The van der Waals surface area contributed by atoms with Crippen LogP contribution in [0.2, 0.25) is 0 Å². The van der Waals surface area contributed by atoms with Crippen LogP contribution in [0.25, 0.3) is 0 Å². The Kier molecular flexibility index (Phi) is 4.69. The highest BCUT2D eigenvalue weighted by atomic mass is 16.4. The minimum absolute atomic E-state index is 0.0198. The van der Waals surface area contributed by atoms with Gasteiger partial charge in [0.25, 0.3) is 11.8 Å². The van der Waals surface area contributed by atoms with Gasteiger partial charge in [-0.25, -0.2) is 0 Å². The van der Waals surface area contributed by atoms with Crippen molar-refractivity contribution in [3.63, 3.8) is 0 Å². The van der Waals surface area contributed by atoms with Crippen molar-refractivity contribution in [3.8, 4) is 0 Å². The van der Waals surface area contributed by atoms with Gasteiger partial charge in [0.15, 0.2) is 0 Å². The molecule has 0 spiro atoms. The first-order valence-electron chi connectivity index (χ1n) is 5.69. The molecule has 19 heavy (non-hydrogen) atoms. The van der Waals surface area contributed by atoms with Crippen LogP contribution >= 0.6 is 0 Å². The average Bonchev–Trinajstić information content (AvgIpc) is 2.35. The van der Waals surface area contributed by atoms with Crippen LogP contribution in [-0.4, -0.2) is 67.0 Å². The molecule has 1 rings (SSSR count). The highest BCUT2D eigenvalue weighted by Crippen LogP contribution is 2.07. The highest BCUT2D eigenvalue weighted by molar-refractivity contribution is 6.60. The number of rotatable bonds is 3. The van der Waals surface area contributed by atoms with Crippen LogP contribution < -0.4 is 5.46 Å². The van der Waals surface area contributed by atoms with E-state index in [9.17, 15) is 19.6 Å². The van der Waals surface area contributed by atoms with Crippen molar-refractivity contribution in [2.45, 2.75) is 0 Å². The predicted molar refractivity (Wildman–Crippen MR) is 72.3 cm³/mol. The smallest absolute Gasteiger partial charge is 0.423 e. The van der Waals surface area contributed by atoms with E-state index >= 15 is 0 Å². The van der Waals surface area contributed by atoms with E-state index in [0.29, 0.717) is 5.56 Å². The van der Waals surface area contributed by atoms with E-state index in [4.69, 9.17) is 0 Å². The topological polar surface area (TPSA) is 81.1 Å². The van der Waals surface area contributed by atoms with Gasteiger partial charge in [0.05, 0.1) is 0 Å². The summed E-state index contributed by atoms with van der Waals surface area (Å²) >= 11 is 0. The van der Waals surface area contributed by atoms with E-state index in [2.05, 4.69) is 0 Å². The molecular formula is C12H17BN2O4. The van der Waals surface area contributed by atoms with Crippen molar-refractivity contribution in [2.24, 2.45) is 0 Å². The van der Waals surface area contributed by atoms with Gasteiger partial charge in [-0.3, -0.25) is 9.59 Å². The number of carbonyl (C=O) groups is 2. The molecule has 0 heterocycles. The second kappa shape index (κ2) is 5.86. The zero-order valence-electron chi connectivity index (χ0n) is 11.4. The van der Waals surface area contributed by atoms with E-state index in [1.54, 1.807) is 28.2 Å². The van der Waals surface area contributed by atoms with Crippen molar-refractivity contribution in [1.82, 2.24) is 9.80 Å². The summed E-state index contributed by atoms with van der Waals surface area (Å²) in [5.41, 5.74) is 0.477. The molecule has 0 bridgehead atoms. The monoisotopic (exact) mass is 264 g/mol. The Balaban J connectivity index is 3.30. The Morgan fingerprint density at radius 1 is 1.00 bits per heavy atom. The summed E-state index contributed by atoms with van der Waals surface area (Å²) in [6.07, 6.45) is 0. The molecule has 1 aromatic carbocycles. The van der Waals surface area contributed by atoms with E-state index in [1.807, 2.05) is 0 Å². The van der Waals surface area contributed by atoms with E-state index in [1.165, 1.54) is 28.0 Å². The van der Waals surface area contributed by atoms with Crippen molar-refractivity contribution >= 4 is 24.4 Å². The maximum absolute atomic E-state index is 11.9. The lowest BCUT2D eigenvalue weighted by molar-refractivity contribution is 0.0817. The molecule has 0 saturated carbocycles. The maximum Gasteiger partial charge on any atom is 0.489 e. The average molecular weight is 264 g/mol. The standard InChI is InChI=1S/C12H17BN2O4/c1-14(2)11(16)8-5-6-9(12(17)15(3)4)10(7-8)13(18)19/h5-7,18-19H,1-4H3. The molecule has 102 valence electrons. The third kappa shape index (κ3) is 3.33. The van der Waals surface area contributed by atoms with Gasteiger partial charge in [-0.05, 0) is 23.7 Å². The fourth-order valence-electron chi connectivity index (χ4n) is 1.60. The molecule has 2 N–H and O–H groups in total. The Labute approximate surface area is 112 Å². The number of carbonyl (C=O) groups excluding carboxylic acids is 2. The first kappa shape index (κ1) is 15.2. The Morgan fingerprint density at radius 3 is 1.95 bits per heavy atom. The zero-order valence-corrected chi connectivity index (χ0v) is 11.4. The van der Waals surface area contributed by atoms with Crippen LogP contribution in [0.5, 0.6) is 0 Å². The fraction of sp³-hybridized carbons (Fsp3) is 0.333. The molecular weight excluding hydrogens is 247 g/mol. The number of benzene rings is 1. The molecule has 7 heteroatoms. The second-order valence-corrected chi connectivity index (χ2v) is 4.57. The second-order valence-electron chi connectivity index (χ2n) is 4.57. The molecule has 0 radical (unpaired) electrons. The maximum atomic E-state index is 11.9. The number of hydrogen-bond acceptors (Lipinski definition) is 4. The van der Waals surface area contributed by atoms with E-state index in [-0.39, 0.29) is 22.8 Å². The van der Waals surface area contributed by atoms with Gasteiger partial charge < -0.3 is 19.8 Å². The molecule has 0 fully saturated rings. The number of hydrogen-bond donors (Lipinski definition) is 2. The van der Waals surface area contributed by atoms with Crippen LogP contribution in [0, 0.1) is 0 Å². The van der Waals surface area contributed by atoms with Gasteiger partial charge in [0.2, 0.25) is 0 Å². The summed E-state index contributed by atoms with van der Waals surface area (Å²) < 4.78 is 0. The molecule has 0 aliphatic carbocycles. The predicted octanol–water partition coefficient (Wildman–Crippen LogP) is -1.23. The minimum Gasteiger partial charge on any atom is -0.423 e. The third-order valence-corrected chi connectivity index (χ3v) is 2.62. The molecule has 6 nitrogen and oxygen atoms in total. The summed E-state index contributed by atoms with van der Waals surface area (Å²) in [6, 6.07) is 4.24. The largest absolute Gasteiger partial charge is 0.489 e. The molecule has 2 amide bonds. The lowest BCUT2D eigenvalue weighted by Crippen LogP contribution is -2.39. The molecule has 0 atom stereocenters. The first-order valence-corrected chi connectivity index (χ1v) is 5.69. The Hall–Kier alpha value is -1.86. The summed E-state index contributed by atoms with van der Waals surface area (Å²) in [5, 5.41) is 18.7. The van der Waals surface area contributed by atoms with Gasteiger partial charge in [-0.2, -0.15) is 0 Å². The molecule has 0 aliphatic heterocycles. The molecule has 0 saturated heterocycles. The van der Waals surface area contributed by atoms with Crippen LogP contribution in [0.15, 0.2) is 18.2 Å². The Morgan fingerprint density at radius 2 is 1.53 bits per heavy atom. The summed E-state index contributed by atoms with van der Waals surface area (Å²) in [5.74, 6) is -0.627. The van der Waals surface area contributed by atoms with Crippen LogP contribution in [0.3, 0.4) is 0 Å². The van der Waals surface area contributed by atoms with E-state index < -0.39 is 7.12 Å². The van der Waals surface area contributed by atoms with Crippen LogP contribution in [0.1, 0.15) is 20.7 Å². The van der Waals surface area contributed by atoms with Crippen molar-refractivity contribution in [2.75, 3.05) is 28.2 Å². The first-order chi connectivity index (χ1) is 8.75. The van der Waals surface area contributed by atoms with Crippen molar-refractivity contribution in [3.05, 3.63) is 29.3 Å². The van der Waals surface area contributed by atoms with Crippen LogP contribution in [-0.2, 0) is 0 Å².